The van der Waals surface area contributed by atoms with Gasteiger partial charge < -0.3 is 24.8 Å². The highest BCUT2D eigenvalue weighted by atomic mass is 31.0. The molecule has 20 heavy (non-hydrogen) atoms. The van der Waals surface area contributed by atoms with Crippen molar-refractivity contribution < 1.29 is 19.1 Å². The lowest BCUT2D eigenvalue weighted by molar-refractivity contribution is -0.0477. The first-order chi connectivity index (χ1) is 9.62. The molecule has 3 N–H and O–H groups in total. The van der Waals surface area contributed by atoms with Crippen molar-refractivity contribution in [2.45, 2.75) is 18.4 Å². The SMILES string of the molecule is COCC1C(OP)C(CO)OC1n1ccc(N)nc1=O. The van der Waals surface area contributed by atoms with Crippen molar-refractivity contribution in [3.8, 4) is 0 Å². The van der Waals surface area contributed by atoms with Crippen molar-refractivity contribution in [1.29, 1.82) is 0 Å². The van der Waals surface area contributed by atoms with Gasteiger partial charge >= 0.3 is 5.69 Å². The van der Waals surface area contributed by atoms with Crippen LogP contribution in [0.1, 0.15) is 6.23 Å². The van der Waals surface area contributed by atoms with Crippen LogP contribution in [-0.4, -0.2) is 47.2 Å². The minimum Gasteiger partial charge on any atom is -0.394 e. The minimum absolute atomic E-state index is 0.144. The van der Waals surface area contributed by atoms with Gasteiger partial charge in [-0.1, -0.05) is 0 Å². The molecule has 1 fully saturated rings. The van der Waals surface area contributed by atoms with E-state index in [4.69, 9.17) is 19.7 Å². The normalized spacial score (nSPS) is 29.8. The molecule has 5 unspecified atom stereocenters. The largest absolute Gasteiger partial charge is 0.394 e. The second kappa shape index (κ2) is 6.60. The molecule has 0 saturated carbocycles. The van der Waals surface area contributed by atoms with Gasteiger partial charge in [0, 0.05) is 22.8 Å². The topological polar surface area (TPSA) is 109 Å². The van der Waals surface area contributed by atoms with Crippen LogP contribution in [0.25, 0.3) is 0 Å². The summed E-state index contributed by atoms with van der Waals surface area (Å²) in [4.78, 5) is 15.6. The zero-order valence-corrected chi connectivity index (χ0v) is 12.2. The average molecular weight is 303 g/mol. The highest BCUT2D eigenvalue weighted by molar-refractivity contribution is 7.09. The molecule has 1 aliphatic heterocycles. The van der Waals surface area contributed by atoms with Crippen molar-refractivity contribution in [2.24, 2.45) is 5.92 Å². The number of anilines is 1. The maximum Gasteiger partial charge on any atom is 0.351 e. The van der Waals surface area contributed by atoms with Gasteiger partial charge in [-0.25, -0.2) is 4.79 Å². The van der Waals surface area contributed by atoms with Crippen LogP contribution in [-0.2, 0) is 14.0 Å². The Morgan fingerprint density at radius 3 is 2.95 bits per heavy atom. The molecule has 8 nitrogen and oxygen atoms in total. The van der Waals surface area contributed by atoms with Crippen LogP contribution < -0.4 is 11.4 Å². The molecule has 1 aromatic rings. The fraction of sp³-hybridized carbons (Fsp3) is 0.636. The van der Waals surface area contributed by atoms with Gasteiger partial charge in [0.15, 0.2) is 0 Å². The molecule has 9 heteroatoms. The Bertz CT molecular complexity index is 511. The number of ether oxygens (including phenoxy) is 2. The first-order valence-corrected chi connectivity index (χ1v) is 6.55. The lowest BCUT2D eigenvalue weighted by atomic mass is 10.0. The van der Waals surface area contributed by atoms with Gasteiger partial charge in [0.2, 0.25) is 0 Å². The third-order valence-corrected chi connectivity index (χ3v) is 3.61. The van der Waals surface area contributed by atoms with Gasteiger partial charge in [0.25, 0.3) is 0 Å². The number of nitrogens with two attached hydrogens (primary N) is 1. The van der Waals surface area contributed by atoms with Crippen LogP contribution in [0.4, 0.5) is 5.82 Å². The van der Waals surface area contributed by atoms with E-state index >= 15 is 0 Å². The van der Waals surface area contributed by atoms with Crippen molar-refractivity contribution in [1.82, 2.24) is 9.55 Å². The van der Waals surface area contributed by atoms with Crippen LogP contribution in [0.5, 0.6) is 0 Å². The van der Waals surface area contributed by atoms with E-state index in [0.29, 0.717) is 6.61 Å². The minimum atomic E-state index is -0.627. The number of aromatic nitrogens is 2. The highest BCUT2D eigenvalue weighted by Crippen LogP contribution is 2.36. The average Bonchev–Trinajstić information content (AvgIpc) is 2.77. The molecule has 0 bridgehead atoms. The van der Waals surface area contributed by atoms with Crippen LogP contribution in [0, 0.1) is 5.92 Å². The maximum absolute atomic E-state index is 11.9. The molecular formula is C11H18N3O5P. The number of hydrogen-bond donors (Lipinski definition) is 2. The molecule has 2 rings (SSSR count). The summed E-state index contributed by atoms with van der Waals surface area (Å²) in [5.74, 6) is -0.108. The third kappa shape index (κ3) is 2.84. The number of methoxy groups -OCH3 is 1. The summed E-state index contributed by atoms with van der Waals surface area (Å²) < 4.78 is 17.5. The highest BCUT2D eigenvalue weighted by Gasteiger charge is 2.46. The molecule has 0 spiro atoms. The predicted molar refractivity (Wildman–Crippen MR) is 73.9 cm³/mol. The zero-order valence-electron chi connectivity index (χ0n) is 11.0. The van der Waals surface area contributed by atoms with Crippen molar-refractivity contribution >= 4 is 15.3 Å². The van der Waals surface area contributed by atoms with Crippen LogP contribution in [0.15, 0.2) is 17.1 Å². The second-order valence-electron chi connectivity index (χ2n) is 4.51. The Balaban J connectivity index is 2.35. The Hall–Kier alpha value is -1.05. The van der Waals surface area contributed by atoms with E-state index in [9.17, 15) is 9.90 Å². The van der Waals surface area contributed by atoms with E-state index in [0.717, 1.165) is 0 Å². The summed E-state index contributed by atoms with van der Waals surface area (Å²) in [6.45, 7) is 0.101. The quantitative estimate of drug-likeness (QED) is 0.682. The summed E-state index contributed by atoms with van der Waals surface area (Å²) in [5, 5.41) is 9.35. The lowest BCUT2D eigenvalue weighted by Gasteiger charge is -2.22. The molecule has 0 amide bonds. The Labute approximate surface area is 118 Å². The monoisotopic (exact) mass is 303 g/mol. The number of aliphatic hydroxyl groups is 1. The molecule has 0 aliphatic carbocycles. The van der Waals surface area contributed by atoms with Gasteiger partial charge in [-0.05, 0) is 6.07 Å². The molecule has 112 valence electrons. The van der Waals surface area contributed by atoms with Gasteiger partial charge in [-0.2, -0.15) is 4.98 Å². The standard InChI is InChI=1S/C11H18N3O5P/c1-17-5-6-9(19-20)7(4-15)18-10(6)14-3-2-8(12)13-11(14)16/h2-3,6-7,9-10,15H,4-5,20H2,1H3,(H2,12,13,16). The van der Waals surface area contributed by atoms with Crippen molar-refractivity contribution in [3.05, 3.63) is 22.7 Å². The summed E-state index contributed by atoms with van der Waals surface area (Å²) >= 11 is 0. The van der Waals surface area contributed by atoms with E-state index in [1.165, 1.54) is 16.8 Å². The zero-order chi connectivity index (χ0) is 14.7. The molecule has 1 saturated heterocycles. The third-order valence-electron chi connectivity index (χ3n) is 3.29. The summed E-state index contributed by atoms with van der Waals surface area (Å²) in [5.41, 5.74) is 4.95. The van der Waals surface area contributed by atoms with E-state index in [1.807, 2.05) is 0 Å². The van der Waals surface area contributed by atoms with Crippen molar-refractivity contribution in [2.75, 3.05) is 26.1 Å². The van der Waals surface area contributed by atoms with Gasteiger partial charge in [0.05, 0.1) is 25.2 Å². The van der Waals surface area contributed by atoms with Gasteiger partial charge in [-0.15, -0.1) is 0 Å². The Kier molecular flexibility index (Phi) is 5.06. The first kappa shape index (κ1) is 15.3. The molecular weight excluding hydrogens is 285 g/mol. The smallest absolute Gasteiger partial charge is 0.351 e. The maximum atomic E-state index is 11.9. The molecule has 0 aromatic carbocycles. The fourth-order valence-corrected chi connectivity index (χ4v) is 2.77. The molecule has 1 aromatic heterocycles. The number of aliphatic hydroxyl groups excluding tert-OH is 1. The summed E-state index contributed by atoms with van der Waals surface area (Å²) in [6.07, 6.45) is -0.0582. The number of nitrogen functional groups attached to an aromatic ring is 1. The van der Waals surface area contributed by atoms with E-state index in [1.54, 1.807) is 7.11 Å². The summed E-state index contributed by atoms with van der Waals surface area (Å²) in [6, 6.07) is 1.51. The molecule has 0 radical (unpaired) electrons. The second-order valence-corrected chi connectivity index (χ2v) is 4.78. The number of rotatable bonds is 5. The molecule has 5 atom stereocenters. The lowest BCUT2D eigenvalue weighted by Crippen LogP contribution is -2.35. The number of hydrogen-bond acceptors (Lipinski definition) is 7. The van der Waals surface area contributed by atoms with Crippen LogP contribution >= 0.6 is 9.47 Å². The first-order valence-electron chi connectivity index (χ1n) is 6.07. The van der Waals surface area contributed by atoms with Crippen LogP contribution in [0.3, 0.4) is 0 Å². The molecule has 2 heterocycles. The van der Waals surface area contributed by atoms with Gasteiger partial charge in [-0.3, -0.25) is 4.57 Å². The van der Waals surface area contributed by atoms with E-state index < -0.39 is 24.1 Å². The van der Waals surface area contributed by atoms with E-state index in [-0.39, 0.29) is 18.3 Å². The number of nitrogens with zero attached hydrogens (tertiary/aromatic N) is 2. The predicted octanol–water partition coefficient (Wildman–Crippen LogP) is -0.847. The van der Waals surface area contributed by atoms with Crippen LogP contribution in [0.2, 0.25) is 0 Å². The summed E-state index contributed by atoms with van der Waals surface area (Å²) in [7, 11) is 3.70. The Morgan fingerprint density at radius 2 is 2.40 bits per heavy atom. The molecule has 1 aliphatic rings. The fourth-order valence-electron chi connectivity index (χ4n) is 2.39. The Morgan fingerprint density at radius 1 is 1.65 bits per heavy atom. The van der Waals surface area contributed by atoms with Gasteiger partial charge in [0.1, 0.15) is 18.1 Å². The van der Waals surface area contributed by atoms with Crippen molar-refractivity contribution in [3.63, 3.8) is 0 Å². The van der Waals surface area contributed by atoms with E-state index in [2.05, 4.69) is 14.5 Å².